The van der Waals surface area contributed by atoms with Gasteiger partial charge in [-0.15, -0.1) is 0 Å². The molecule has 0 unspecified atom stereocenters. The van der Waals surface area contributed by atoms with Crippen molar-refractivity contribution in [2.45, 2.75) is 0 Å². The molecule has 0 fully saturated rings. The van der Waals surface area contributed by atoms with Crippen LogP contribution < -0.4 is 0 Å². The normalized spacial score (nSPS) is 10.4. The summed E-state index contributed by atoms with van der Waals surface area (Å²) in [6.07, 6.45) is 0.807. The van der Waals surface area contributed by atoms with Crippen molar-refractivity contribution >= 4 is 23.6 Å². The second kappa shape index (κ2) is 3.88. The first-order chi connectivity index (χ1) is 5.75. The third-order valence-corrected chi connectivity index (χ3v) is 1.64. The number of oxime groups is 1. The molecule has 0 amide bonds. The second-order valence-electron chi connectivity index (χ2n) is 2.09. The van der Waals surface area contributed by atoms with Crippen LogP contribution in [0.4, 0.5) is 0 Å². The van der Waals surface area contributed by atoms with Crippen molar-refractivity contribution < 1.29 is 10.0 Å². The first-order valence-corrected chi connectivity index (χ1v) is 3.60. The third-order valence-electron chi connectivity index (χ3n) is 1.31. The first kappa shape index (κ1) is 8.74. The van der Waals surface area contributed by atoms with Crippen LogP contribution in [-0.4, -0.2) is 17.2 Å². The number of benzene rings is 1. The van der Waals surface area contributed by atoms with E-state index in [1.54, 1.807) is 24.3 Å². The van der Waals surface area contributed by atoms with Crippen molar-refractivity contribution in [2.24, 2.45) is 5.16 Å². The van der Waals surface area contributed by atoms with Gasteiger partial charge in [-0.05, 0) is 12.1 Å². The SMILES string of the molecule is O=C(/C=N\O)c1ccccc1Cl. The smallest absolute Gasteiger partial charge is 0.208 e. The molecule has 0 spiro atoms. The molecule has 0 aromatic heterocycles. The van der Waals surface area contributed by atoms with Crippen LogP contribution >= 0.6 is 11.6 Å². The van der Waals surface area contributed by atoms with Crippen molar-refractivity contribution in [1.82, 2.24) is 0 Å². The summed E-state index contributed by atoms with van der Waals surface area (Å²) < 4.78 is 0. The molecule has 1 aromatic rings. The van der Waals surface area contributed by atoms with E-state index in [4.69, 9.17) is 16.8 Å². The molecule has 0 heterocycles. The molecule has 1 N–H and O–H groups in total. The molecule has 62 valence electrons. The minimum absolute atomic E-state index is 0.331. The number of nitrogens with zero attached hydrogens (tertiary/aromatic N) is 1. The number of rotatable bonds is 2. The maximum atomic E-state index is 11.1. The fraction of sp³-hybridized carbons (Fsp3) is 0. The Morgan fingerprint density at radius 3 is 2.75 bits per heavy atom. The minimum Gasteiger partial charge on any atom is -0.411 e. The van der Waals surface area contributed by atoms with Gasteiger partial charge in [0, 0.05) is 5.56 Å². The first-order valence-electron chi connectivity index (χ1n) is 3.22. The molecule has 0 saturated heterocycles. The monoisotopic (exact) mass is 183 g/mol. The zero-order chi connectivity index (χ0) is 8.97. The Labute approximate surface area is 74.3 Å². The summed E-state index contributed by atoms with van der Waals surface area (Å²) in [6.45, 7) is 0. The number of ketones is 1. The van der Waals surface area contributed by atoms with Gasteiger partial charge < -0.3 is 5.21 Å². The highest BCUT2D eigenvalue weighted by Gasteiger charge is 2.05. The van der Waals surface area contributed by atoms with Gasteiger partial charge in [-0.25, -0.2) is 0 Å². The van der Waals surface area contributed by atoms with E-state index in [2.05, 4.69) is 5.16 Å². The van der Waals surface area contributed by atoms with E-state index in [1.165, 1.54) is 0 Å². The largest absolute Gasteiger partial charge is 0.411 e. The van der Waals surface area contributed by atoms with Crippen LogP contribution in [0, 0.1) is 0 Å². The average Bonchev–Trinajstić information content (AvgIpc) is 2.05. The van der Waals surface area contributed by atoms with Crippen molar-refractivity contribution in [1.29, 1.82) is 0 Å². The zero-order valence-corrected chi connectivity index (χ0v) is 6.82. The maximum absolute atomic E-state index is 11.1. The minimum atomic E-state index is -0.414. The highest BCUT2D eigenvalue weighted by Crippen LogP contribution is 2.14. The van der Waals surface area contributed by atoms with Crippen LogP contribution in [0.15, 0.2) is 29.4 Å². The van der Waals surface area contributed by atoms with Gasteiger partial charge in [0.05, 0.1) is 5.02 Å². The number of halogens is 1. The lowest BCUT2D eigenvalue weighted by atomic mass is 10.1. The molecule has 0 aliphatic heterocycles. The molecule has 0 atom stereocenters. The average molecular weight is 184 g/mol. The molecule has 0 aliphatic rings. The van der Waals surface area contributed by atoms with Gasteiger partial charge in [0.2, 0.25) is 5.78 Å². The highest BCUT2D eigenvalue weighted by atomic mass is 35.5. The number of carbonyl (C=O) groups is 1. The Morgan fingerprint density at radius 1 is 1.50 bits per heavy atom. The van der Waals surface area contributed by atoms with Crippen molar-refractivity contribution in [3.05, 3.63) is 34.9 Å². The van der Waals surface area contributed by atoms with Crippen LogP contribution in [0.5, 0.6) is 0 Å². The van der Waals surface area contributed by atoms with Crippen LogP contribution in [0.1, 0.15) is 10.4 Å². The molecule has 1 rings (SSSR count). The lowest BCUT2D eigenvalue weighted by molar-refractivity contribution is 0.106. The zero-order valence-electron chi connectivity index (χ0n) is 6.07. The van der Waals surface area contributed by atoms with Gasteiger partial charge in [-0.2, -0.15) is 0 Å². The van der Waals surface area contributed by atoms with Gasteiger partial charge in [-0.1, -0.05) is 28.9 Å². The lowest BCUT2D eigenvalue weighted by Crippen LogP contribution is -2.00. The molecule has 0 bridgehead atoms. The molecular formula is C8H6ClNO2. The topological polar surface area (TPSA) is 49.7 Å². The fourth-order valence-electron chi connectivity index (χ4n) is 0.783. The van der Waals surface area contributed by atoms with Crippen LogP contribution in [0.3, 0.4) is 0 Å². The Balaban J connectivity index is 3.03. The van der Waals surface area contributed by atoms with Gasteiger partial charge in [0.1, 0.15) is 6.21 Å². The third kappa shape index (κ3) is 1.83. The van der Waals surface area contributed by atoms with Crippen LogP contribution in [-0.2, 0) is 0 Å². The second-order valence-corrected chi connectivity index (χ2v) is 2.50. The molecule has 0 radical (unpaired) electrons. The summed E-state index contributed by atoms with van der Waals surface area (Å²) in [5, 5.41) is 11.1. The van der Waals surface area contributed by atoms with E-state index < -0.39 is 5.78 Å². The molecule has 0 saturated carbocycles. The van der Waals surface area contributed by atoms with E-state index in [-0.39, 0.29) is 0 Å². The summed E-state index contributed by atoms with van der Waals surface area (Å²) in [4.78, 5) is 11.1. The summed E-state index contributed by atoms with van der Waals surface area (Å²) in [5.74, 6) is -0.414. The van der Waals surface area contributed by atoms with Gasteiger partial charge in [-0.3, -0.25) is 4.79 Å². The molecule has 3 nitrogen and oxygen atoms in total. The van der Waals surface area contributed by atoms with Crippen molar-refractivity contribution in [3.8, 4) is 0 Å². The van der Waals surface area contributed by atoms with Gasteiger partial charge >= 0.3 is 0 Å². The lowest BCUT2D eigenvalue weighted by Gasteiger charge is -1.96. The Morgan fingerprint density at radius 2 is 2.17 bits per heavy atom. The van der Waals surface area contributed by atoms with E-state index in [1.807, 2.05) is 0 Å². The summed E-state index contributed by atoms with van der Waals surface area (Å²) in [5.41, 5.74) is 0.331. The summed E-state index contributed by atoms with van der Waals surface area (Å²) >= 11 is 5.69. The summed E-state index contributed by atoms with van der Waals surface area (Å²) in [7, 11) is 0. The maximum Gasteiger partial charge on any atom is 0.208 e. The Bertz CT molecular complexity index is 323. The Kier molecular flexibility index (Phi) is 2.82. The van der Waals surface area contributed by atoms with Gasteiger partial charge in [0.15, 0.2) is 0 Å². The highest BCUT2D eigenvalue weighted by molar-refractivity contribution is 6.42. The summed E-state index contributed by atoms with van der Waals surface area (Å²) in [6, 6.07) is 6.56. The van der Waals surface area contributed by atoms with E-state index in [9.17, 15) is 4.79 Å². The van der Waals surface area contributed by atoms with Crippen LogP contribution in [0.2, 0.25) is 5.02 Å². The molecular weight excluding hydrogens is 178 g/mol. The van der Waals surface area contributed by atoms with E-state index in [0.29, 0.717) is 10.6 Å². The standard InChI is InChI=1S/C8H6ClNO2/c9-7-4-2-1-3-6(7)8(11)5-10-12/h1-5,12H/b10-5-. The molecule has 0 aliphatic carbocycles. The predicted octanol–water partition coefficient (Wildman–Crippen LogP) is 1.98. The number of hydrogen-bond donors (Lipinski definition) is 1. The van der Waals surface area contributed by atoms with E-state index >= 15 is 0 Å². The molecule has 12 heavy (non-hydrogen) atoms. The van der Waals surface area contributed by atoms with Crippen molar-refractivity contribution in [3.63, 3.8) is 0 Å². The van der Waals surface area contributed by atoms with Gasteiger partial charge in [0.25, 0.3) is 0 Å². The van der Waals surface area contributed by atoms with E-state index in [0.717, 1.165) is 6.21 Å². The van der Waals surface area contributed by atoms with Crippen molar-refractivity contribution in [2.75, 3.05) is 0 Å². The number of Topliss-reactive ketones (excluding diaryl/α,β-unsaturated/α-hetero) is 1. The fourth-order valence-corrected chi connectivity index (χ4v) is 1.01. The number of carbonyl (C=O) groups excluding carboxylic acids is 1. The quantitative estimate of drug-likeness (QED) is 0.330. The van der Waals surface area contributed by atoms with Crippen LogP contribution in [0.25, 0.3) is 0 Å². The predicted molar refractivity (Wildman–Crippen MR) is 46.1 cm³/mol. The number of hydrogen-bond acceptors (Lipinski definition) is 3. The Hall–Kier alpha value is -1.35. The molecule has 4 heteroatoms. The molecule has 1 aromatic carbocycles.